The first kappa shape index (κ1) is 22.1. The van der Waals surface area contributed by atoms with E-state index in [9.17, 15) is 9.59 Å². The second kappa shape index (κ2) is 8.57. The largest absolute Gasteiger partial charge is 0.497 e. The van der Waals surface area contributed by atoms with Crippen LogP contribution in [-0.4, -0.2) is 24.8 Å². The van der Waals surface area contributed by atoms with Gasteiger partial charge in [-0.1, -0.05) is 29.8 Å². The lowest BCUT2D eigenvalue weighted by atomic mass is 9.90. The molecule has 2 N–H and O–H groups in total. The highest BCUT2D eigenvalue weighted by Gasteiger charge is 2.49. The van der Waals surface area contributed by atoms with E-state index < -0.39 is 5.72 Å². The van der Waals surface area contributed by atoms with E-state index in [4.69, 9.17) is 21.1 Å². The van der Waals surface area contributed by atoms with Crippen LogP contribution in [0.3, 0.4) is 0 Å². The highest BCUT2D eigenvalue weighted by atomic mass is 35.5. The first-order valence-electron chi connectivity index (χ1n) is 11.0. The van der Waals surface area contributed by atoms with Gasteiger partial charge in [0.1, 0.15) is 11.5 Å². The van der Waals surface area contributed by atoms with Crippen LogP contribution in [0.4, 0.5) is 10.5 Å². The van der Waals surface area contributed by atoms with Crippen molar-refractivity contribution >= 4 is 29.2 Å². The number of hydrogen-bond acceptors (Lipinski definition) is 4. The van der Waals surface area contributed by atoms with Gasteiger partial charge in [-0.2, -0.15) is 0 Å². The van der Waals surface area contributed by atoms with E-state index in [0.717, 1.165) is 16.9 Å². The Morgan fingerprint density at radius 2 is 2.00 bits per heavy atom. The second-order valence-corrected chi connectivity index (χ2v) is 9.02. The summed E-state index contributed by atoms with van der Waals surface area (Å²) in [7, 11) is 1.61. The molecule has 0 spiro atoms. The Morgan fingerprint density at radius 1 is 1.21 bits per heavy atom. The Hall–Kier alpha value is -3.71. The zero-order chi connectivity index (χ0) is 23.9. The normalized spacial score (nSPS) is 20.6. The van der Waals surface area contributed by atoms with Crippen LogP contribution in [0.2, 0.25) is 5.02 Å². The number of amides is 3. The monoisotopic (exact) mass is 477 g/mol. The molecule has 2 heterocycles. The minimum Gasteiger partial charge on any atom is -0.497 e. The summed E-state index contributed by atoms with van der Waals surface area (Å²) in [5.41, 5.74) is 1.94. The first-order chi connectivity index (χ1) is 16.4. The SMILES string of the molecule is COc1ccc(CNC(=O)c2cccc(N3C(=O)NC4CC3(C)Oc3ccc(Cl)cc34)c2)cc1. The summed E-state index contributed by atoms with van der Waals surface area (Å²) in [5, 5.41) is 6.56. The molecule has 0 aliphatic carbocycles. The van der Waals surface area contributed by atoms with Crippen molar-refractivity contribution in [2.24, 2.45) is 0 Å². The molecule has 3 amide bonds. The van der Waals surface area contributed by atoms with Crippen molar-refractivity contribution in [3.8, 4) is 11.5 Å². The molecule has 2 unspecified atom stereocenters. The fraction of sp³-hybridized carbons (Fsp3) is 0.231. The number of carbonyl (C=O) groups is 2. The van der Waals surface area contributed by atoms with Gasteiger partial charge < -0.3 is 20.1 Å². The van der Waals surface area contributed by atoms with Crippen molar-refractivity contribution in [2.75, 3.05) is 12.0 Å². The van der Waals surface area contributed by atoms with Crippen LogP contribution in [0.15, 0.2) is 66.7 Å². The predicted octanol–water partition coefficient (Wildman–Crippen LogP) is 5.05. The Bertz CT molecular complexity index is 1260. The molecule has 0 saturated carbocycles. The molecule has 1 saturated heterocycles. The molecular formula is C26H24ClN3O4. The third-order valence-corrected chi connectivity index (χ3v) is 6.45. The summed E-state index contributed by atoms with van der Waals surface area (Å²) in [6, 6.07) is 19.4. The van der Waals surface area contributed by atoms with E-state index >= 15 is 0 Å². The second-order valence-electron chi connectivity index (χ2n) is 8.58. The Kier molecular flexibility index (Phi) is 5.57. The molecule has 0 radical (unpaired) electrons. The summed E-state index contributed by atoms with van der Waals surface area (Å²) in [4.78, 5) is 27.6. The number of halogens is 1. The summed E-state index contributed by atoms with van der Waals surface area (Å²) in [5.74, 6) is 1.21. The molecule has 3 aromatic carbocycles. The Labute approximate surface area is 202 Å². The van der Waals surface area contributed by atoms with E-state index in [-0.39, 0.29) is 18.0 Å². The van der Waals surface area contributed by atoms with Gasteiger partial charge in [-0.25, -0.2) is 4.79 Å². The molecule has 2 aliphatic rings. The molecule has 1 fully saturated rings. The van der Waals surface area contributed by atoms with Crippen LogP contribution in [0.25, 0.3) is 0 Å². The molecule has 7 nitrogen and oxygen atoms in total. The van der Waals surface area contributed by atoms with Crippen LogP contribution in [0.5, 0.6) is 11.5 Å². The summed E-state index contributed by atoms with van der Waals surface area (Å²) in [6.45, 7) is 2.26. The minimum atomic E-state index is -0.911. The number of ether oxygens (including phenoxy) is 2. The lowest BCUT2D eigenvalue weighted by Crippen LogP contribution is -2.65. The first-order valence-corrected chi connectivity index (χ1v) is 11.3. The zero-order valence-electron chi connectivity index (χ0n) is 18.8. The van der Waals surface area contributed by atoms with Gasteiger partial charge in [0.15, 0.2) is 5.72 Å². The van der Waals surface area contributed by atoms with Gasteiger partial charge in [-0.15, -0.1) is 0 Å². The van der Waals surface area contributed by atoms with Crippen LogP contribution in [0.1, 0.15) is 40.9 Å². The number of benzene rings is 3. The summed E-state index contributed by atoms with van der Waals surface area (Å²) in [6.07, 6.45) is 0.542. The molecule has 5 rings (SSSR count). The highest BCUT2D eigenvalue weighted by Crippen LogP contribution is 2.46. The maximum absolute atomic E-state index is 13.1. The number of hydrogen-bond donors (Lipinski definition) is 2. The van der Waals surface area contributed by atoms with Gasteiger partial charge in [-0.05, 0) is 61.0 Å². The standard InChI is InChI=1S/C26H24ClN3O4/c1-26-14-22(21-13-18(27)8-11-23(21)34-26)29-25(32)30(26)19-5-3-4-17(12-19)24(31)28-15-16-6-9-20(33-2)10-7-16/h3-13,22H,14-15H2,1-2H3,(H,28,31)(H,29,32). The van der Waals surface area contributed by atoms with Crippen molar-refractivity contribution in [1.29, 1.82) is 0 Å². The van der Waals surface area contributed by atoms with Crippen molar-refractivity contribution in [3.05, 3.63) is 88.4 Å². The van der Waals surface area contributed by atoms with Crippen molar-refractivity contribution < 1.29 is 19.1 Å². The van der Waals surface area contributed by atoms with E-state index in [1.807, 2.05) is 43.3 Å². The van der Waals surface area contributed by atoms with Gasteiger partial charge in [0, 0.05) is 29.1 Å². The number of nitrogens with one attached hydrogen (secondary N) is 2. The van der Waals surface area contributed by atoms with Crippen molar-refractivity contribution in [1.82, 2.24) is 10.6 Å². The smallest absolute Gasteiger partial charge is 0.325 e. The molecule has 2 bridgehead atoms. The predicted molar refractivity (Wildman–Crippen MR) is 129 cm³/mol. The quantitative estimate of drug-likeness (QED) is 0.539. The van der Waals surface area contributed by atoms with Gasteiger partial charge in [-0.3, -0.25) is 9.69 Å². The molecular weight excluding hydrogens is 454 g/mol. The Balaban J connectivity index is 1.36. The van der Waals surface area contributed by atoms with Crippen LogP contribution in [0, 0.1) is 0 Å². The van der Waals surface area contributed by atoms with Gasteiger partial charge in [0.25, 0.3) is 5.91 Å². The van der Waals surface area contributed by atoms with Crippen molar-refractivity contribution in [3.63, 3.8) is 0 Å². The Morgan fingerprint density at radius 3 is 2.76 bits per heavy atom. The van der Waals surface area contributed by atoms with Gasteiger partial charge in [0.05, 0.1) is 18.8 Å². The molecule has 8 heteroatoms. The molecule has 3 aromatic rings. The number of rotatable bonds is 5. The lowest BCUT2D eigenvalue weighted by Gasteiger charge is -2.50. The average Bonchev–Trinajstić information content (AvgIpc) is 2.83. The van der Waals surface area contributed by atoms with E-state index in [1.54, 1.807) is 42.3 Å². The van der Waals surface area contributed by atoms with Gasteiger partial charge in [0.2, 0.25) is 0 Å². The average molecular weight is 478 g/mol. The van der Waals surface area contributed by atoms with E-state index in [0.29, 0.717) is 35.0 Å². The van der Waals surface area contributed by atoms with Crippen LogP contribution in [-0.2, 0) is 6.54 Å². The third kappa shape index (κ3) is 4.03. The van der Waals surface area contributed by atoms with Crippen LogP contribution >= 0.6 is 11.6 Å². The molecule has 2 atom stereocenters. The fourth-order valence-corrected chi connectivity index (χ4v) is 4.73. The summed E-state index contributed by atoms with van der Waals surface area (Å²) >= 11 is 6.15. The van der Waals surface area contributed by atoms with Crippen LogP contribution < -0.4 is 25.0 Å². The highest BCUT2D eigenvalue weighted by molar-refractivity contribution is 6.30. The zero-order valence-corrected chi connectivity index (χ0v) is 19.6. The fourth-order valence-electron chi connectivity index (χ4n) is 4.55. The summed E-state index contributed by atoms with van der Waals surface area (Å²) < 4.78 is 11.5. The number of anilines is 1. The maximum Gasteiger partial charge on any atom is 0.325 e. The molecule has 174 valence electrons. The third-order valence-electron chi connectivity index (χ3n) is 6.21. The topological polar surface area (TPSA) is 79.9 Å². The van der Waals surface area contributed by atoms with E-state index in [2.05, 4.69) is 10.6 Å². The number of urea groups is 1. The minimum absolute atomic E-state index is 0.202. The van der Waals surface area contributed by atoms with E-state index in [1.165, 1.54) is 0 Å². The number of fused-ring (bicyclic) bond motifs is 4. The molecule has 0 aromatic heterocycles. The number of nitrogens with zero attached hydrogens (tertiary/aromatic N) is 1. The molecule has 2 aliphatic heterocycles. The van der Waals surface area contributed by atoms with Crippen molar-refractivity contribution in [2.45, 2.75) is 31.7 Å². The number of methoxy groups -OCH3 is 1. The number of carbonyl (C=O) groups excluding carboxylic acids is 2. The molecule has 34 heavy (non-hydrogen) atoms. The maximum atomic E-state index is 13.1. The van der Waals surface area contributed by atoms with Gasteiger partial charge >= 0.3 is 6.03 Å². The lowest BCUT2D eigenvalue weighted by molar-refractivity contribution is 0.0378.